The summed E-state index contributed by atoms with van der Waals surface area (Å²) >= 11 is 0. The third-order valence-corrected chi connectivity index (χ3v) is 9.71. The van der Waals surface area contributed by atoms with Gasteiger partial charge in [-0.2, -0.15) is 0 Å². The van der Waals surface area contributed by atoms with Crippen LogP contribution in [0.1, 0.15) is 194 Å². The lowest BCUT2D eigenvalue weighted by molar-refractivity contribution is -0.870. The van der Waals surface area contributed by atoms with Crippen LogP contribution < -0.4 is 0 Å². The summed E-state index contributed by atoms with van der Waals surface area (Å²) in [6, 6.07) is 0. The number of carboxylic acid groups (broad SMARTS) is 1. The Balaban J connectivity index is 4.23. The molecule has 9 nitrogen and oxygen atoms in total. The second kappa shape index (κ2) is 38.6. The van der Waals surface area contributed by atoms with Crippen LogP contribution in [0.15, 0.2) is 24.3 Å². The number of allylic oxidation sites excluding steroid dienone is 4. The molecular formula is C46H86NO8+. The van der Waals surface area contributed by atoms with Gasteiger partial charge in [0, 0.05) is 12.8 Å². The predicted molar refractivity (Wildman–Crippen MR) is 226 cm³/mol. The van der Waals surface area contributed by atoms with Crippen LogP contribution in [-0.2, 0) is 33.3 Å². The minimum Gasteiger partial charge on any atom is -0.477 e. The number of aliphatic carboxylic acids is 1. The van der Waals surface area contributed by atoms with Crippen molar-refractivity contribution >= 4 is 17.9 Å². The van der Waals surface area contributed by atoms with Gasteiger partial charge in [0.25, 0.3) is 6.29 Å². The Labute approximate surface area is 337 Å². The topological polar surface area (TPSA) is 108 Å². The number of unbranched alkanes of at least 4 members (excludes halogenated alkanes) is 22. The smallest absolute Gasteiger partial charge is 0.361 e. The molecule has 0 radical (unpaired) electrons. The lowest BCUT2D eigenvalue weighted by Gasteiger charge is -2.25. The van der Waals surface area contributed by atoms with Crippen molar-refractivity contribution in [2.75, 3.05) is 47.5 Å². The van der Waals surface area contributed by atoms with E-state index in [0.717, 1.165) is 44.9 Å². The molecule has 0 aromatic carbocycles. The molecule has 0 rings (SSSR count). The molecule has 0 aromatic rings. The maximum Gasteiger partial charge on any atom is 0.361 e. The number of nitrogens with zero attached hydrogens (tertiary/aromatic N) is 1. The third kappa shape index (κ3) is 39.8. The maximum absolute atomic E-state index is 12.7. The van der Waals surface area contributed by atoms with E-state index >= 15 is 0 Å². The molecular weight excluding hydrogens is 695 g/mol. The van der Waals surface area contributed by atoms with E-state index in [-0.39, 0.29) is 32.2 Å². The standard InChI is InChI=1S/C46H85NO8/c1-6-8-10-12-14-15-16-17-18-19-20-21-22-23-24-25-26-27-28-29-31-33-35-37-44(49)55-42(40-53-43(48)36-34-32-30-13-11-9-7-2)41-54-46(45(50)51)52-39-38-47(3,4)5/h16-17,19-20,42,46H,6-15,18,21-41H2,1-5H3/p+1/b17-16-,20-19-. The molecule has 0 heterocycles. The Hall–Kier alpha value is -2.23. The van der Waals surface area contributed by atoms with Crippen LogP contribution in [0, 0.1) is 0 Å². The molecule has 0 saturated carbocycles. The van der Waals surface area contributed by atoms with Crippen LogP contribution in [0.2, 0.25) is 0 Å². The van der Waals surface area contributed by atoms with Crippen molar-refractivity contribution in [3.63, 3.8) is 0 Å². The fourth-order valence-electron chi connectivity index (χ4n) is 6.16. The number of likely N-dealkylation sites (N-methyl/N-ethyl adjacent to an activating group) is 1. The number of carboxylic acids is 1. The van der Waals surface area contributed by atoms with E-state index in [0.29, 0.717) is 17.4 Å². The minimum absolute atomic E-state index is 0.180. The SMILES string of the molecule is CCCCCCC/C=C\C/C=C\CCCCCCCCCCCCCC(=O)OC(COC(=O)CCCCCCCCC)COC(OCC[N+](C)(C)C)C(=O)O. The van der Waals surface area contributed by atoms with Gasteiger partial charge in [-0.25, -0.2) is 4.79 Å². The largest absolute Gasteiger partial charge is 0.477 e. The van der Waals surface area contributed by atoms with Crippen LogP contribution in [-0.4, -0.2) is 87.4 Å². The summed E-state index contributed by atoms with van der Waals surface area (Å²) in [7, 11) is 5.95. The Kier molecular flexibility index (Phi) is 37.1. The van der Waals surface area contributed by atoms with E-state index in [1.54, 1.807) is 0 Å². The quantitative estimate of drug-likeness (QED) is 0.0215. The number of hydrogen-bond acceptors (Lipinski definition) is 7. The van der Waals surface area contributed by atoms with Crippen molar-refractivity contribution in [1.82, 2.24) is 0 Å². The zero-order valence-corrected chi connectivity index (χ0v) is 36.3. The Bertz CT molecular complexity index is 960. The zero-order chi connectivity index (χ0) is 40.7. The van der Waals surface area contributed by atoms with Gasteiger partial charge in [0.05, 0.1) is 34.4 Å². The van der Waals surface area contributed by atoms with Gasteiger partial charge in [-0.05, 0) is 44.9 Å². The molecule has 0 aliphatic rings. The fraction of sp³-hybridized carbons (Fsp3) is 0.848. The summed E-state index contributed by atoms with van der Waals surface area (Å²) < 4.78 is 22.6. The van der Waals surface area contributed by atoms with Gasteiger partial charge < -0.3 is 28.5 Å². The lowest BCUT2D eigenvalue weighted by atomic mass is 10.0. The zero-order valence-electron chi connectivity index (χ0n) is 36.3. The van der Waals surface area contributed by atoms with Gasteiger partial charge in [0.1, 0.15) is 13.2 Å². The molecule has 0 spiro atoms. The first kappa shape index (κ1) is 52.8. The molecule has 0 bridgehead atoms. The Morgan fingerprint density at radius 1 is 0.545 bits per heavy atom. The van der Waals surface area contributed by atoms with Crippen LogP contribution >= 0.6 is 0 Å². The fourth-order valence-corrected chi connectivity index (χ4v) is 6.16. The lowest BCUT2D eigenvalue weighted by Crippen LogP contribution is -2.40. The van der Waals surface area contributed by atoms with E-state index in [9.17, 15) is 19.5 Å². The summed E-state index contributed by atoms with van der Waals surface area (Å²) in [4.78, 5) is 36.9. The van der Waals surface area contributed by atoms with E-state index in [2.05, 4.69) is 38.2 Å². The van der Waals surface area contributed by atoms with Crippen molar-refractivity contribution in [3.05, 3.63) is 24.3 Å². The highest BCUT2D eigenvalue weighted by Crippen LogP contribution is 2.14. The molecule has 55 heavy (non-hydrogen) atoms. The summed E-state index contributed by atoms with van der Waals surface area (Å²) in [5, 5.41) is 9.60. The molecule has 1 N–H and O–H groups in total. The van der Waals surface area contributed by atoms with Crippen molar-refractivity contribution in [3.8, 4) is 0 Å². The summed E-state index contributed by atoms with van der Waals surface area (Å²) in [6.07, 6.45) is 38.3. The number of carbonyl (C=O) groups excluding carboxylic acids is 2. The number of esters is 2. The van der Waals surface area contributed by atoms with Gasteiger partial charge >= 0.3 is 17.9 Å². The van der Waals surface area contributed by atoms with Gasteiger partial charge in [-0.15, -0.1) is 0 Å². The Morgan fingerprint density at radius 3 is 1.44 bits per heavy atom. The van der Waals surface area contributed by atoms with Gasteiger partial charge in [-0.3, -0.25) is 9.59 Å². The average molecular weight is 781 g/mol. The first-order chi connectivity index (χ1) is 26.6. The number of quaternary nitrogens is 1. The molecule has 0 aliphatic heterocycles. The first-order valence-corrected chi connectivity index (χ1v) is 22.5. The molecule has 0 amide bonds. The highest BCUT2D eigenvalue weighted by atomic mass is 16.7. The molecule has 0 fully saturated rings. The van der Waals surface area contributed by atoms with Crippen LogP contribution in [0.4, 0.5) is 0 Å². The van der Waals surface area contributed by atoms with Crippen molar-refractivity contribution in [2.45, 2.75) is 206 Å². The number of carbonyl (C=O) groups is 3. The highest BCUT2D eigenvalue weighted by Gasteiger charge is 2.25. The normalized spacial score (nSPS) is 13.1. The minimum atomic E-state index is -1.50. The van der Waals surface area contributed by atoms with Crippen molar-refractivity contribution in [2.24, 2.45) is 0 Å². The van der Waals surface area contributed by atoms with Crippen LogP contribution in [0.3, 0.4) is 0 Å². The van der Waals surface area contributed by atoms with E-state index in [1.165, 1.54) is 122 Å². The van der Waals surface area contributed by atoms with Crippen molar-refractivity contribution < 1.29 is 42.9 Å². The molecule has 0 aliphatic carbocycles. The van der Waals surface area contributed by atoms with E-state index in [4.69, 9.17) is 18.9 Å². The monoisotopic (exact) mass is 781 g/mol. The van der Waals surface area contributed by atoms with E-state index in [1.807, 2.05) is 21.1 Å². The van der Waals surface area contributed by atoms with Crippen molar-refractivity contribution in [1.29, 1.82) is 0 Å². The number of ether oxygens (including phenoxy) is 4. The Morgan fingerprint density at radius 2 is 0.982 bits per heavy atom. The second-order valence-corrected chi connectivity index (χ2v) is 16.4. The number of rotatable bonds is 41. The predicted octanol–water partition coefficient (Wildman–Crippen LogP) is 11.7. The summed E-state index contributed by atoms with van der Waals surface area (Å²) in [6.45, 7) is 4.81. The molecule has 2 unspecified atom stereocenters. The molecule has 0 aromatic heterocycles. The van der Waals surface area contributed by atoms with Gasteiger partial charge in [0.2, 0.25) is 0 Å². The first-order valence-electron chi connectivity index (χ1n) is 22.5. The molecule has 0 saturated heterocycles. The average Bonchev–Trinajstić information content (AvgIpc) is 3.14. The van der Waals surface area contributed by atoms with Gasteiger partial charge in [0.15, 0.2) is 6.10 Å². The second-order valence-electron chi connectivity index (χ2n) is 16.4. The van der Waals surface area contributed by atoms with Crippen LogP contribution in [0.5, 0.6) is 0 Å². The summed E-state index contributed by atoms with van der Waals surface area (Å²) in [5.74, 6) is -2.01. The molecule has 2 atom stereocenters. The molecule has 9 heteroatoms. The summed E-state index contributed by atoms with van der Waals surface area (Å²) in [5.41, 5.74) is 0. The maximum atomic E-state index is 12.7. The highest BCUT2D eigenvalue weighted by molar-refractivity contribution is 5.71. The third-order valence-electron chi connectivity index (χ3n) is 9.71. The van der Waals surface area contributed by atoms with Crippen LogP contribution in [0.25, 0.3) is 0 Å². The molecule has 322 valence electrons. The number of hydrogen-bond donors (Lipinski definition) is 1. The van der Waals surface area contributed by atoms with Gasteiger partial charge in [-0.1, -0.05) is 160 Å². The van der Waals surface area contributed by atoms with E-state index < -0.39 is 24.3 Å².